The number of nitrogens with two attached hydrogens (primary N) is 1. The van der Waals surface area contributed by atoms with E-state index in [1.165, 1.54) is 0 Å². The third-order valence-electron chi connectivity index (χ3n) is 3.65. The summed E-state index contributed by atoms with van der Waals surface area (Å²) in [5.41, 5.74) is 7.64. The zero-order valence-corrected chi connectivity index (χ0v) is 13.3. The predicted molar refractivity (Wildman–Crippen MR) is 87.3 cm³/mol. The van der Waals surface area contributed by atoms with Gasteiger partial charge in [-0.05, 0) is 38.2 Å². The first kappa shape index (κ1) is 16.0. The molecular formula is C15H26N2OS. The van der Waals surface area contributed by atoms with Crippen molar-refractivity contribution < 1.29 is 4.74 Å². The van der Waals surface area contributed by atoms with Crippen LogP contribution in [0, 0.1) is 0 Å². The normalized spacial score (nSPS) is 11.4. The van der Waals surface area contributed by atoms with Crippen molar-refractivity contribution in [2.75, 3.05) is 30.5 Å². The van der Waals surface area contributed by atoms with Crippen LogP contribution in [0.15, 0.2) is 18.2 Å². The molecule has 0 aromatic heterocycles. The summed E-state index contributed by atoms with van der Waals surface area (Å²) in [5.74, 6) is 0.759. The molecule has 3 N–H and O–H groups in total. The van der Waals surface area contributed by atoms with Crippen LogP contribution in [-0.2, 0) is 0 Å². The van der Waals surface area contributed by atoms with Gasteiger partial charge in [0.1, 0.15) is 5.75 Å². The van der Waals surface area contributed by atoms with Gasteiger partial charge in [0.2, 0.25) is 0 Å². The van der Waals surface area contributed by atoms with Gasteiger partial charge in [-0.3, -0.25) is 0 Å². The van der Waals surface area contributed by atoms with Crippen molar-refractivity contribution in [3.63, 3.8) is 0 Å². The summed E-state index contributed by atoms with van der Waals surface area (Å²) in [4.78, 5) is 0. The molecule has 0 amide bonds. The lowest BCUT2D eigenvalue weighted by molar-refractivity contribution is 0.342. The maximum Gasteiger partial charge on any atom is 0.144 e. The molecule has 0 fully saturated rings. The molecule has 0 bridgehead atoms. The maximum atomic E-state index is 5.88. The second-order valence-electron chi connectivity index (χ2n) is 4.63. The number of nitrogens with one attached hydrogen (secondary N) is 1. The summed E-state index contributed by atoms with van der Waals surface area (Å²) in [6, 6.07) is 5.88. The summed E-state index contributed by atoms with van der Waals surface area (Å²) in [5, 5.41) is 3.51. The van der Waals surface area contributed by atoms with Gasteiger partial charge in [-0.15, -0.1) is 0 Å². The minimum atomic E-state index is 0.299. The Balaban J connectivity index is 2.74. The van der Waals surface area contributed by atoms with Crippen molar-refractivity contribution in [3.8, 4) is 5.75 Å². The fourth-order valence-electron chi connectivity index (χ4n) is 2.05. The molecule has 19 heavy (non-hydrogen) atoms. The highest BCUT2D eigenvalue weighted by atomic mass is 32.2. The Morgan fingerprint density at radius 1 is 1.26 bits per heavy atom. The molecule has 4 heteroatoms. The van der Waals surface area contributed by atoms with Crippen molar-refractivity contribution in [1.82, 2.24) is 0 Å². The van der Waals surface area contributed by atoms with Gasteiger partial charge in [0.15, 0.2) is 0 Å². The van der Waals surface area contributed by atoms with Crippen molar-refractivity contribution in [1.29, 1.82) is 0 Å². The van der Waals surface area contributed by atoms with E-state index in [1.54, 1.807) is 0 Å². The molecule has 0 aliphatic carbocycles. The molecule has 0 atom stereocenters. The first-order valence-electron chi connectivity index (χ1n) is 6.92. The van der Waals surface area contributed by atoms with E-state index in [4.69, 9.17) is 10.5 Å². The molecule has 1 aromatic rings. The Morgan fingerprint density at radius 2 is 1.95 bits per heavy atom. The van der Waals surface area contributed by atoms with E-state index in [0.717, 1.165) is 30.8 Å². The Bertz CT molecular complexity index is 383. The van der Waals surface area contributed by atoms with Gasteiger partial charge in [-0.25, -0.2) is 0 Å². The molecular weight excluding hydrogens is 256 g/mol. The quantitative estimate of drug-likeness (QED) is 0.707. The molecule has 0 radical (unpaired) electrons. The molecule has 0 aliphatic heterocycles. The van der Waals surface area contributed by atoms with Gasteiger partial charge < -0.3 is 15.8 Å². The number of hydrogen-bond acceptors (Lipinski definition) is 4. The number of rotatable bonds is 8. The molecule has 0 unspecified atom stereocenters. The van der Waals surface area contributed by atoms with Crippen molar-refractivity contribution in [2.45, 2.75) is 38.4 Å². The molecule has 1 aromatic carbocycles. The van der Waals surface area contributed by atoms with E-state index in [2.05, 4.69) is 25.4 Å². The maximum absolute atomic E-state index is 5.88. The van der Waals surface area contributed by atoms with Crippen LogP contribution < -0.4 is 15.8 Å². The Morgan fingerprint density at radius 3 is 2.47 bits per heavy atom. The van der Waals surface area contributed by atoms with Gasteiger partial charge in [0, 0.05) is 23.0 Å². The van der Waals surface area contributed by atoms with Crippen molar-refractivity contribution >= 4 is 23.1 Å². The zero-order chi connectivity index (χ0) is 14.3. The van der Waals surface area contributed by atoms with Gasteiger partial charge in [0.05, 0.1) is 12.3 Å². The number of hydrogen-bond donors (Lipinski definition) is 2. The standard InChI is InChI=1S/C15H26N2OS/c1-5-15(6-2,19-4)11-17-12-8-9-13(16)14(10-12)18-7-3/h8-10,17H,5-7,11,16H2,1-4H3. The molecule has 0 aliphatic rings. The van der Waals surface area contributed by atoms with Gasteiger partial charge in [-0.2, -0.15) is 11.8 Å². The highest BCUT2D eigenvalue weighted by molar-refractivity contribution is 8.00. The SMILES string of the molecule is CCOc1cc(NCC(CC)(CC)SC)ccc1N. The Labute approximate surface area is 121 Å². The van der Waals surface area contributed by atoms with Crippen molar-refractivity contribution in [3.05, 3.63) is 18.2 Å². The summed E-state index contributed by atoms with van der Waals surface area (Å²) < 4.78 is 5.82. The highest BCUT2D eigenvalue weighted by Crippen LogP contribution is 2.32. The molecule has 108 valence electrons. The Kier molecular flexibility index (Phi) is 6.35. The predicted octanol–water partition coefficient (Wildman–Crippen LogP) is 4.00. The Hall–Kier alpha value is -1.03. The number of ether oxygens (including phenoxy) is 1. The highest BCUT2D eigenvalue weighted by Gasteiger charge is 2.24. The van der Waals surface area contributed by atoms with Crippen LogP contribution >= 0.6 is 11.8 Å². The summed E-state index contributed by atoms with van der Waals surface area (Å²) in [6.45, 7) is 8.04. The fraction of sp³-hybridized carbons (Fsp3) is 0.600. The number of nitrogen functional groups attached to an aromatic ring is 1. The number of benzene rings is 1. The van der Waals surface area contributed by atoms with Crippen LogP contribution in [0.25, 0.3) is 0 Å². The van der Waals surface area contributed by atoms with E-state index >= 15 is 0 Å². The molecule has 0 saturated heterocycles. The number of anilines is 2. The van der Waals surface area contributed by atoms with Crippen LogP contribution in [0.2, 0.25) is 0 Å². The first-order valence-corrected chi connectivity index (χ1v) is 8.14. The number of thioether (sulfide) groups is 1. The fourth-order valence-corrected chi connectivity index (χ4v) is 2.84. The van der Waals surface area contributed by atoms with Gasteiger partial charge in [-0.1, -0.05) is 13.8 Å². The van der Waals surface area contributed by atoms with Gasteiger partial charge in [0.25, 0.3) is 0 Å². The average Bonchev–Trinajstić information content (AvgIpc) is 2.44. The minimum absolute atomic E-state index is 0.299. The van der Waals surface area contributed by atoms with E-state index in [-0.39, 0.29) is 0 Å². The second-order valence-corrected chi connectivity index (χ2v) is 5.91. The van der Waals surface area contributed by atoms with Crippen LogP contribution in [0.1, 0.15) is 33.6 Å². The smallest absolute Gasteiger partial charge is 0.144 e. The van der Waals surface area contributed by atoms with Crippen LogP contribution in [0.3, 0.4) is 0 Å². The lowest BCUT2D eigenvalue weighted by Gasteiger charge is -2.30. The zero-order valence-electron chi connectivity index (χ0n) is 12.5. The molecule has 1 rings (SSSR count). The van der Waals surface area contributed by atoms with Crippen molar-refractivity contribution in [2.24, 2.45) is 0 Å². The monoisotopic (exact) mass is 282 g/mol. The topological polar surface area (TPSA) is 47.3 Å². The minimum Gasteiger partial charge on any atom is -0.492 e. The third kappa shape index (κ3) is 4.23. The molecule has 0 saturated carbocycles. The van der Waals surface area contributed by atoms with Gasteiger partial charge >= 0.3 is 0 Å². The van der Waals surface area contributed by atoms with E-state index in [9.17, 15) is 0 Å². The average molecular weight is 282 g/mol. The van der Waals surface area contributed by atoms with Crippen LogP contribution in [0.5, 0.6) is 5.75 Å². The summed E-state index contributed by atoms with van der Waals surface area (Å²) >= 11 is 1.94. The van der Waals surface area contributed by atoms with E-state index in [1.807, 2.05) is 36.9 Å². The largest absolute Gasteiger partial charge is 0.492 e. The lowest BCUT2D eigenvalue weighted by atomic mass is 10.0. The van der Waals surface area contributed by atoms with Crippen LogP contribution in [0.4, 0.5) is 11.4 Å². The summed E-state index contributed by atoms with van der Waals surface area (Å²) in [7, 11) is 0. The molecule has 0 spiro atoms. The molecule has 3 nitrogen and oxygen atoms in total. The summed E-state index contributed by atoms with van der Waals surface area (Å²) in [6.07, 6.45) is 4.50. The first-order chi connectivity index (χ1) is 9.10. The van der Waals surface area contributed by atoms with Crippen LogP contribution in [-0.4, -0.2) is 24.2 Å². The molecule has 0 heterocycles. The van der Waals surface area contributed by atoms with E-state index < -0.39 is 0 Å². The third-order valence-corrected chi connectivity index (χ3v) is 5.24. The second kappa shape index (κ2) is 7.53. The van der Waals surface area contributed by atoms with E-state index in [0.29, 0.717) is 17.0 Å². The lowest BCUT2D eigenvalue weighted by Crippen LogP contribution is -2.31.